The summed E-state index contributed by atoms with van der Waals surface area (Å²) in [6.45, 7) is 2.27. The van der Waals surface area contributed by atoms with Gasteiger partial charge in [0.05, 0.1) is 0 Å². The van der Waals surface area contributed by atoms with E-state index in [2.05, 4.69) is 17.0 Å². The van der Waals surface area contributed by atoms with Gasteiger partial charge in [-0.3, -0.25) is 4.79 Å². The summed E-state index contributed by atoms with van der Waals surface area (Å²) in [6.07, 6.45) is 0. The highest BCUT2D eigenvalue weighted by Crippen LogP contribution is 2.15. The van der Waals surface area contributed by atoms with E-state index < -0.39 is 6.61 Å². The fraction of sp³-hybridized carbons (Fsp3) is 0.417. The van der Waals surface area contributed by atoms with Gasteiger partial charge in [0.25, 0.3) is 5.91 Å². The third kappa shape index (κ3) is 2.33. The molecule has 0 N–H and O–H groups in total. The van der Waals surface area contributed by atoms with E-state index in [1.807, 2.05) is 18.2 Å². The van der Waals surface area contributed by atoms with E-state index >= 15 is 0 Å². The summed E-state index contributed by atoms with van der Waals surface area (Å²) in [7, 11) is 0. The number of carbonyl (C=O) groups is 1. The van der Waals surface area contributed by atoms with Crippen LogP contribution < -0.4 is 4.90 Å². The highest BCUT2D eigenvalue weighted by molar-refractivity contribution is 5.77. The summed E-state index contributed by atoms with van der Waals surface area (Å²) in [5.41, 5.74) is 1.18. The lowest BCUT2D eigenvalue weighted by atomic mass is 10.2. The third-order valence-corrected chi connectivity index (χ3v) is 2.88. The molecule has 0 spiro atoms. The normalized spacial score (nSPS) is 16.3. The van der Waals surface area contributed by atoms with Crippen molar-refractivity contribution >= 4 is 11.6 Å². The Bertz CT molecular complexity index is 345. The Kier molecular flexibility index (Phi) is 3.41. The number of piperazine rings is 1. The Morgan fingerprint density at radius 3 is 2.25 bits per heavy atom. The number of hydrogen-bond acceptors (Lipinski definition) is 2. The molecule has 4 heteroatoms. The van der Waals surface area contributed by atoms with Crippen LogP contribution in [0.3, 0.4) is 0 Å². The van der Waals surface area contributed by atoms with E-state index in [4.69, 9.17) is 0 Å². The quantitative estimate of drug-likeness (QED) is 0.737. The molecule has 0 aromatic heterocycles. The van der Waals surface area contributed by atoms with E-state index in [1.54, 1.807) is 4.90 Å². The summed E-state index contributed by atoms with van der Waals surface area (Å²) in [4.78, 5) is 15.1. The molecular weight excluding hydrogens is 204 g/mol. The molecule has 1 aromatic rings. The smallest absolute Gasteiger partial charge is 0.252 e. The van der Waals surface area contributed by atoms with E-state index in [0.717, 1.165) is 13.1 Å². The van der Waals surface area contributed by atoms with Crippen LogP contribution in [0.4, 0.5) is 5.69 Å². The Balaban J connectivity index is 1.93. The number of para-hydroxylation sites is 1. The van der Waals surface area contributed by atoms with Crippen molar-refractivity contribution < 1.29 is 9.90 Å². The van der Waals surface area contributed by atoms with Gasteiger partial charge < -0.3 is 9.80 Å². The zero-order chi connectivity index (χ0) is 11.4. The first-order valence-electron chi connectivity index (χ1n) is 5.47. The maximum Gasteiger partial charge on any atom is 0.252 e. The summed E-state index contributed by atoms with van der Waals surface area (Å²) < 4.78 is 0. The number of carbonyl (C=O) groups excluding carboxylic acids is 1. The monoisotopic (exact) mass is 219 g/mol. The van der Waals surface area contributed by atoms with Gasteiger partial charge in [-0.2, -0.15) is 0 Å². The Morgan fingerprint density at radius 2 is 1.69 bits per heavy atom. The summed E-state index contributed by atoms with van der Waals surface area (Å²) in [5, 5.41) is 10.5. The molecule has 0 unspecified atom stereocenters. The van der Waals surface area contributed by atoms with Crippen LogP contribution in [0.25, 0.3) is 0 Å². The van der Waals surface area contributed by atoms with Crippen LogP contribution >= 0.6 is 0 Å². The number of benzene rings is 1. The third-order valence-electron chi connectivity index (χ3n) is 2.88. The first-order chi connectivity index (χ1) is 7.81. The highest BCUT2D eigenvalue weighted by Gasteiger charge is 2.20. The van der Waals surface area contributed by atoms with Crippen molar-refractivity contribution in [2.45, 2.75) is 0 Å². The molecule has 1 aromatic carbocycles. The maximum absolute atomic E-state index is 11.2. The second-order valence-electron chi connectivity index (χ2n) is 3.85. The molecule has 1 aliphatic heterocycles. The average molecular weight is 219 g/mol. The van der Waals surface area contributed by atoms with Gasteiger partial charge in [-0.1, -0.05) is 18.2 Å². The van der Waals surface area contributed by atoms with Crippen LogP contribution in [-0.2, 0) is 9.90 Å². The van der Waals surface area contributed by atoms with Gasteiger partial charge in [0.2, 0.25) is 0 Å². The van der Waals surface area contributed by atoms with E-state index in [0.29, 0.717) is 13.1 Å². The number of rotatable bonds is 2. The van der Waals surface area contributed by atoms with Crippen molar-refractivity contribution in [1.82, 2.24) is 4.90 Å². The minimum absolute atomic E-state index is 0.285. The first kappa shape index (κ1) is 11.0. The second kappa shape index (κ2) is 4.99. The van der Waals surface area contributed by atoms with Gasteiger partial charge in [-0.05, 0) is 12.1 Å². The lowest BCUT2D eigenvalue weighted by molar-refractivity contribution is -0.136. The van der Waals surface area contributed by atoms with Crippen molar-refractivity contribution in [3.8, 4) is 0 Å². The van der Waals surface area contributed by atoms with E-state index in [1.165, 1.54) is 5.69 Å². The number of amides is 1. The Hall–Kier alpha value is -1.55. The molecule has 1 fully saturated rings. The molecule has 1 saturated heterocycles. The molecule has 0 aliphatic carbocycles. The lowest BCUT2D eigenvalue weighted by Crippen LogP contribution is -2.49. The second-order valence-corrected chi connectivity index (χ2v) is 3.85. The van der Waals surface area contributed by atoms with Crippen LogP contribution in [0.1, 0.15) is 0 Å². The topological polar surface area (TPSA) is 43.5 Å². The molecule has 1 heterocycles. The van der Waals surface area contributed by atoms with Crippen LogP contribution in [0.15, 0.2) is 30.3 Å². The molecule has 85 valence electrons. The molecule has 2 rings (SSSR count). The highest BCUT2D eigenvalue weighted by atomic mass is 16.3. The predicted molar refractivity (Wildman–Crippen MR) is 60.8 cm³/mol. The van der Waals surface area contributed by atoms with Crippen molar-refractivity contribution in [1.29, 1.82) is 0 Å². The number of anilines is 1. The van der Waals surface area contributed by atoms with Crippen molar-refractivity contribution in [2.75, 3.05) is 37.7 Å². The van der Waals surface area contributed by atoms with Crippen molar-refractivity contribution in [2.24, 2.45) is 0 Å². The molecule has 16 heavy (non-hydrogen) atoms. The molecule has 0 saturated carbocycles. The van der Waals surface area contributed by atoms with Gasteiger partial charge in [0.1, 0.15) is 0 Å². The largest absolute Gasteiger partial charge is 0.368 e. The van der Waals surface area contributed by atoms with Crippen LogP contribution in [0.5, 0.6) is 0 Å². The molecule has 0 atom stereocenters. The van der Waals surface area contributed by atoms with Gasteiger partial charge >= 0.3 is 0 Å². The van der Waals surface area contributed by atoms with Gasteiger partial charge in [-0.15, -0.1) is 0 Å². The van der Waals surface area contributed by atoms with Gasteiger partial charge in [0.15, 0.2) is 6.61 Å². The zero-order valence-electron chi connectivity index (χ0n) is 9.13. The number of nitrogens with zero attached hydrogens (tertiary/aromatic N) is 2. The minimum Gasteiger partial charge on any atom is -0.368 e. The van der Waals surface area contributed by atoms with Crippen molar-refractivity contribution in [3.63, 3.8) is 0 Å². The Morgan fingerprint density at radius 1 is 1.06 bits per heavy atom. The van der Waals surface area contributed by atoms with Crippen LogP contribution in [0, 0.1) is 0 Å². The Labute approximate surface area is 95.1 Å². The van der Waals surface area contributed by atoms with E-state index in [9.17, 15) is 9.90 Å². The molecule has 1 amide bonds. The molecule has 4 nitrogen and oxygen atoms in total. The maximum atomic E-state index is 11.2. The molecule has 1 radical (unpaired) electrons. The fourth-order valence-electron chi connectivity index (χ4n) is 1.94. The zero-order valence-corrected chi connectivity index (χ0v) is 9.13. The lowest BCUT2D eigenvalue weighted by Gasteiger charge is -2.35. The summed E-state index contributed by atoms with van der Waals surface area (Å²) in [6, 6.07) is 10.1. The van der Waals surface area contributed by atoms with Gasteiger partial charge in [0, 0.05) is 31.9 Å². The SMILES string of the molecule is [O]CC(=O)N1CCN(c2ccccc2)CC1. The molecule has 1 aliphatic rings. The first-order valence-corrected chi connectivity index (χ1v) is 5.47. The van der Waals surface area contributed by atoms with Crippen LogP contribution in [-0.4, -0.2) is 43.6 Å². The van der Waals surface area contributed by atoms with E-state index in [-0.39, 0.29) is 5.91 Å². The predicted octanol–water partition coefficient (Wildman–Crippen LogP) is 0.766. The fourth-order valence-corrected chi connectivity index (χ4v) is 1.94. The average Bonchev–Trinajstić information content (AvgIpc) is 2.39. The summed E-state index contributed by atoms with van der Waals surface area (Å²) >= 11 is 0. The molecular formula is C12H15N2O2. The minimum atomic E-state index is -0.634. The van der Waals surface area contributed by atoms with Crippen LogP contribution in [0.2, 0.25) is 0 Å². The standard InChI is InChI=1S/C12H15N2O2/c15-10-12(16)14-8-6-13(7-9-14)11-4-2-1-3-5-11/h1-5H,6-10H2. The molecule has 0 bridgehead atoms. The summed E-state index contributed by atoms with van der Waals surface area (Å²) in [5.74, 6) is -0.285. The van der Waals surface area contributed by atoms with Crippen molar-refractivity contribution in [3.05, 3.63) is 30.3 Å². The van der Waals surface area contributed by atoms with Gasteiger partial charge in [-0.25, -0.2) is 5.11 Å². The number of hydrogen-bond donors (Lipinski definition) is 0.